The number of aryl methyl sites for hydroxylation is 1. The van der Waals surface area contributed by atoms with Gasteiger partial charge in [-0.25, -0.2) is 0 Å². The molecule has 19 heavy (non-hydrogen) atoms. The SMILES string of the molecule is Cc1cccc(NC(=S)N(C)Cc2ccco2)c1C. The maximum Gasteiger partial charge on any atom is 0.173 e. The number of furan rings is 1. The lowest BCUT2D eigenvalue weighted by Gasteiger charge is -2.21. The first-order chi connectivity index (χ1) is 9.08. The third kappa shape index (κ3) is 3.35. The molecule has 0 amide bonds. The number of rotatable bonds is 3. The fraction of sp³-hybridized carbons (Fsp3) is 0.267. The van der Waals surface area contributed by atoms with Gasteiger partial charge >= 0.3 is 0 Å². The van der Waals surface area contributed by atoms with Crippen molar-refractivity contribution in [2.45, 2.75) is 20.4 Å². The fourth-order valence-electron chi connectivity index (χ4n) is 1.81. The Labute approximate surface area is 119 Å². The molecule has 2 aromatic rings. The molecule has 3 nitrogen and oxygen atoms in total. The summed E-state index contributed by atoms with van der Waals surface area (Å²) in [6.45, 7) is 4.84. The van der Waals surface area contributed by atoms with E-state index in [1.165, 1.54) is 11.1 Å². The Hall–Kier alpha value is -1.81. The lowest BCUT2D eigenvalue weighted by atomic mass is 10.1. The van der Waals surface area contributed by atoms with E-state index in [9.17, 15) is 0 Å². The van der Waals surface area contributed by atoms with Crippen molar-refractivity contribution in [3.63, 3.8) is 0 Å². The minimum atomic E-state index is 0.656. The molecule has 100 valence electrons. The molecule has 0 aliphatic rings. The van der Waals surface area contributed by atoms with Crippen LogP contribution in [0.5, 0.6) is 0 Å². The standard InChI is InChI=1S/C15H18N2OS/c1-11-6-4-8-14(12(11)2)16-15(19)17(3)10-13-7-5-9-18-13/h4-9H,10H2,1-3H3,(H,16,19). The lowest BCUT2D eigenvalue weighted by molar-refractivity contribution is 0.414. The van der Waals surface area contributed by atoms with Crippen molar-refractivity contribution < 1.29 is 4.42 Å². The van der Waals surface area contributed by atoms with Gasteiger partial charge in [0.2, 0.25) is 0 Å². The zero-order valence-electron chi connectivity index (χ0n) is 11.4. The molecular formula is C15H18N2OS. The second kappa shape index (κ2) is 5.89. The van der Waals surface area contributed by atoms with Crippen molar-refractivity contribution in [1.29, 1.82) is 0 Å². The average molecular weight is 274 g/mol. The van der Waals surface area contributed by atoms with Crippen LogP contribution in [0.25, 0.3) is 0 Å². The van der Waals surface area contributed by atoms with Crippen LogP contribution in [0.3, 0.4) is 0 Å². The summed E-state index contributed by atoms with van der Waals surface area (Å²) in [4.78, 5) is 1.95. The maximum absolute atomic E-state index is 5.41. The van der Waals surface area contributed by atoms with Crippen molar-refractivity contribution in [3.8, 4) is 0 Å². The normalized spacial score (nSPS) is 10.3. The molecular weight excluding hydrogens is 256 g/mol. The number of nitrogens with zero attached hydrogens (tertiary/aromatic N) is 1. The number of anilines is 1. The summed E-state index contributed by atoms with van der Waals surface area (Å²) in [6.07, 6.45) is 1.67. The van der Waals surface area contributed by atoms with Crippen LogP contribution in [-0.2, 0) is 6.54 Å². The molecule has 2 rings (SSSR count). The van der Waals surface area contributed by atoms with E-state index < -0.39 is 0 Å². The second-order valence-corrected chi connectivity index (χ2v) is 5.00. The van der Waals surface area contributed by atoms with Crippen LogP contribution in [0.15, 0.2) is 41.0 Å². The van der Waals surface area contributed by atoms with E-state index in [1.807, 2.05) is 36.2 Å². The van der Waals surface area contributed by atoms with E-state index in [1.54, 1.807) is 6.26 Å². The molecule has 0 atom stereocenters. The Morgan fingerprint density at radius 2 is 2.05 bits per heavy atom. The largest absolute Gasteiger partial charge is 0.467 e. The van der Waals surface area contributed by atoms with Gasteiger partial charge in [-0.1, -0.05) is 12.1 Å². The van der Waals surface area contributed by atoms with Crippen LogP contribution >= 0.6 is 12.2 Å². The molecule has 1 aromatic carbocycles. The van der Waals surface area contributed by atoms with E-state index in [2.05, 4.69) is 25.2 Å². The molecule has 0 unspecified atom stereocenters. The highest BCUT2D eigenvalue weighted by atomic mass is 32.1. The van der Waals surface area contributed by atoms with Gasteiger partial charge in [0.05, 0.1) is 12.8 Å². The quantitative estimate of drug-likeness (QED) is 0.863. The first kappa shape index (κ1) is 13.6. The summed E-state index contributed by atoms with van der Waals surface area (Å²) in [5.74, 6) is 0.896. The number of benzene rings is 1. The van der Waals surface area contributed by atoms with Gasteiger partial charge in [0.25, 0.3) is 0 Å². The van der Waals surface area contributed by atoms with E-state index >= 15 is 0 Å². The van der Waals surface area contributed by atoms with Crippen LogP contribution < -0.4 is 5.32 Å². The molecule has 1 aromatic heterocycles. The topological polar surface area (TPSA) is 28.4 Å². The Balaban J connectivity index is 2.02. The van der Waals surface area contributed by atoms with Crippen molar-refractivity contribution in [1.82, 2.24) is 4.90 Å². The van der Waals surface area contributed by atoms with Crippen molar-refractivity contribution in [2.75, 3.05) is 12.4 Å². The van der Waals surface area contributed by atoms with Gasteiger partial charge in [-0.2, -0.15) is 0 Å². The zero-order chi connectivity index (χ0) is 13.8. The summed E-state index contributed by atoms with van der Waals surface area (Å²) in [5, 5.41) is 3.96. The molecule has 0 radical (unpaired) electrons. The summed E-state index contributed by atoms with van der Waals surface area (Å²) in [6, 6.07) is 9.98. The van der Waals surface area contributed by atoms with Crippen molar-refractivity contribution in [2.24, 2.45) is 0 Å². The predicted octanol–water partition coefficient (Wildman–Crippen LogP) is 3.73. The summed E-state index contributed by atoms with van der Waals surface area (Å²) in [5.41, 5.74) is 3.52. The molecule has 0 bridgehead atoms. The molecule has 1 N–H and O–H groups in total. The van der Waals surface area contributed by atoms with E-state index in [0.717, 1.165) is 11.4 Å². The Bertz CT molecular complexity index is 564. The molecule has 0 aliphatic carbocycles. The number of hydrogen-bond donors (Lipinski definition) is 1. The number of thiocarbonyl (C=S) groups is 1. The molecule has 0 saturated carbocycles. The molecule has 0 saturated heterocycles. The second-order valence-electron chi connectivity index (χ2n) is 4.61. The van der Waals surface area contributed by atoms with E-state index in [0.29, 0.717) is 11.7 Å². The third-order valence-corrected chi connectivity index (χ3v) is 3.58. The highest BCUT2D eigenvalue weighted by Crippen LogP contribution is 2.18. The molecule has 1 heterocycles. The minimum Gasteiger partial charge on any atom is -0.467 e. The van der Waals surface area contributed by atoms with Gasteiger partial charge in [0.1, 0.15) is 5.76 Å². The van der Waals surface area contributed by atoms with E-state index in [-0.39, 0.29) is 0 Å². The van der Waals surface area contributed by atoms with Crippen LogP contribution in [-0.4, -0.2) is 17.1 Å². The van der Waals surface area contributed by atoms with Gasteiger partial charge in [-0.15, -0.1) is 0 Å². The highest BCUT2D eigenvalue weighted by molar-refractivity contribution is 7.80. The minimum absolute atomic E-state index is 0.656. The molecule has 0 spiro atoms. The zero-order valence-corrected chi connectivity index (χ0v) is 12.3. The Morgan fingerprint density at radius 1 is 1.26 bits per heavy atom. The van der Waals surface area contributed by atoms with Gasteiger partial charge < -0.3 is 14.6 Å². The molecule has 0 aliphatic heterocycles. The van der Waals surface area contributed by atoms with Gasteiger partial charge in [-0.05, 0) is 55.4 Å². The van der Waals surface area contributed by atoms with Gasteiger partial charge in [0, 0.05) is 12.7 Å². The average Bonchev–Trinajstić information content (AvgIpc) is 2.87. The van der Waals surface area contributed by atoms with Crippen LogP contribution in [0.1, 0.15) is 16.9 Å². The molecule has 4 heteroatoms. The van der Waals surface area contributed by atoms with Gasteiger partial charge in [0.15, 0.2) is 5.11 Å². The Kier molecular flexibility index (Phi) is 4.22. The third-order valence-electron chi connectivity index (χ3n) is 3.17. The van der Waals surface area contributed by atoms with Crippen molar-refractivity contribution in [3.05, 3.63) is 53.5 Å². The first-order valence-electron chi connectivity index (χ1n) is 6.18. The van der Waals surface area contributed by atoms with Crippen LogP contribution in [0, 0.1) is 13.8 Å². The summed E-state index contributed by atoms with van der Waals surface area (Å²) < 4.78 is 5.32. The number of hydrogen-bond acceptors (Lipinski definition) is 2. The fourth-order valence-corrected chi connectivity index (χ4v) is 1.98. The lowest BCUT2D eigenvalue weighted by Crippen LogP contribution is -2.30. The van der Waals surface area contributed by atoms with Crippen molar-refractivity contribution >= 4 is 23.0 Å². The summed E-state index contributed by atoms with van der Waals surface area (Å²) in [7, 11) is 1.95. The maximum atomic E-state index is 5.41. The molecule has 0 fully saturated rings. The highest BCUT2D eigenvalue weighted by Gasteiger charge is 2.08. The van der Waals surface area contributed by atoms with E-state index in [4.69, 9.17) is 16.6 Å². The predicted molar refractivity (Wildman–Crippen MR) is 82.3 cm³/mol. The summed E-state index contributed by atoms with van der Waals surface area (Å²) >= 11 is 5.41. The van der Waals surface area contributed by atoms with Crippen LogP contribution in [0.2, 0.25) is 0 Å². The Morgan fingerprint density at radius 3 is 2.74 bits per heavy atom. The van der Waals surface area contributed by atoms with Crippen LogP contribution in [0.4, 0.5) is 5.69 Å². The monoisotopic (exact) mass is 274 g/mol. The first-order valence-corrected chi connectivity index (χ1v) is 6.59. The number of nitrogens with one attached hydrogen (secondary N) is 1. The van der Waals surface area contributed by atoms with Gasteiger partial charge in [-0.3, -0.25) is 0 Å². The smallest absolute Gasteiger partial charge is 0.173 e.